The molecule has 0 spiro atoms. The van der Waals surface area contributed by atoms with E-state index in [1.54, 1.807) is 54.9 Å². The summed E-state index contributed by atoms with van der Waals surface area (Å²) in [6, 6.07) is 33.3. The van der Waals surface area contributed by atoms with E-state index in [4.69, 9.17) is 41.6 Å². The summed E-state index contributed by atoms with van der Waals surface area (Å²) in [4.78, 5) is 12.7. The van der Waals surface area contributed by atoms with Crippen LogP contribution in [0.4, 0.5) is 30.7 Å². The molecule has 0 saturated carbocycles. The Kier molecular flexibility index (Phi) is 22.6. The molecule has 4 N–H and O–H groups in total. The monoisotopic (exact) mass is 1060 g/mol. The summed E-state index contributed by atoms with van der Waals surface area (Å²) in [5, 5.41) is 31.5. The molecule has 0 aliphatic rings. The summed E-state index contributed by atoms with van der Waals surface area (Å²) < 4.78 is 112. The molecule has 0 unspecified atom stereocenters. The average molecular weight is 1060 g/mol. The second-order valence-electron chi connectivity index (χ2n) is 15.8. The van der Waals surface area contributed by atoms with Gasteiger partial charge in [0.1, 0.15) is 28.1 Å². The third-order valence-electron chi connectivity index (χ3n) is 10.4. The summed E-state index contributed by atoms with van der Waals surface area (Å²) in [6.07, 6.45) is 10.5. The van der Waals surface area contributed by atoms with Gasteiger partial charge in [0.25, 0.3) is 0 Å². The Bertz CT molecular complexity index is 3160. The molecule has 0 aliphatic carbocycles. The molecule has 8 aromatic rings. The van der Waals surface area contributed by atoms with E-state index in [0.29, 0.717) is 45.5 Å². The Labute approximate surface area is 440 Å². The van der Waals surface area contributed by atoms with E-state index in [1.165, 1.54) is 12.1 Å². The number of alkyl halides is 2. The maximum atomic E-state index is 14.6. The van der Waals surface area contributed by atoms with Crippen molar-refractivity contribution in [2.24, 2.45) is 0 Å². The van der Waals surface area contributed by atoms with E-state index < -0.39 is 53.6 Å². The van der Waals surface area contributed by atoms with E-state index in [0.717, 1.165) is 60.9 Å². The van der Waals surface area contributed by atoms with E-state index in [2.05, 4.69) is 26.6 Å². The van der Waals surface area contributed by atoms with Gasteiger partial charge in [0.15, 0.2) is 17.5 Å². The van der Waals surface area contributed by atoms with E-state index in [9.17, 15) is 30.7 Å². The molecule has 3 heterocycles. The number of hydrogen-bond acceptors (Lipinski definition) is 10. The second kappa shape index (κ2) is 29.1. The van der Waals surface area contributed by atoms with Crippen LogP contribution in [0.5, 0.6) is 17.2 Å². The number of allylic oxidation sites excluding steroid dienone is 2. The number of nitrogens with one attached hydrogen (secondary N) is 2. The quantitative estimate of drug-likeness (QED) is 0.0342. The van der Waals surface area contributed by atoms with Crippen LogP contribution in [0.1, 0.15) is 49.4 Å². The Morgan fingerprint density at radius 3 is 1.49 bits per heavy atom. The molecule has 5 aromatic carbocycles. The van der Waals surface area contributed by atoms with Gasteiger partial charge in [-0.15, -0.1) is 0 Å². The van der Waals surface area contributed by atoms with Crippen molar-refractivity contribution in [1.29, 1.82) is 10.6 Å². The van der Waals surface area contributed by atoms with Gasteiger partial charge < -0.3 is 4.74 Å². The minimum atomic E-state index is -4.65. The predicted octanol–water partition coefficient (Wildman–Crippen LogP) is 13.6. The number of halogens is 8. The molecule has 0 bridgehead atoms. The third-order valence-corrected chi connectivity index (χ3v) is 10.6. The van der Waals surface area contributed by atoms with Crippen molar-refractivity contribution in [1.82, 2.24) is 15.0 Å². The van der Waals surface area contributed by atoms with Crippen molar-refractivity contribution in [3.63, 3.8) is 0 Å². The molecule has 0 atom stereocenters. The van der Waals surface area contributed by atoms with Crippen molar-refractivity contribution >= 4 is 50.9 Å². The molecule has 0 aliphatic heterocycles. The van der Waals surface area contributed by atoms with Crippen molar-refractivity contribution < 1.29 is 54.8 Å². The molecule has 10 nitrogen and oxygen atoms in total. The zero-order valence-electron chi connectivity index (χ0n) is 40.9. The van der Waals surface area contributed by atoms with Gasteiger partial charge in [0.2, 0.25) is 0 Å². The third kappa shape index (κ3) is 17.5. The molecule has 21 heteroatoms. The van der Waals surface area contributed by atoms with Gasteiger partial charge >= 0.3 is 182 Å². The summed E-state index contributed by atoms with van der Waals surface area (Å²) in [5.41, 5.74) is 5.61. The summed E-state index contributed by atoms with van der Waals surface area (Å²) in [5.74, 6) is -8.78. The van der Waals surface area contributed by atoms with Gasteiger partial charge in [-0.3, -0.25) is 4.98 Å². The molecule has 8 rings (SSSR count). The topological polar surface area (TPSA) is 155 Å². The number of hydrogen-bond donors (Lipinski definition) is 4. The number of aromatic nitrogens is 3. The first-order chi connectivity index (χ1) is 36.5. The Balaban J connectivity index is 0.000000219. The summed E-state index contributed by atoms with van der Waals surface area (Å²) in [6.45, 7) is 6.01. The molecule has 0 amide bonds. The Morgan fingerprint density at radius 2 is 1.05 bits per heavy atom. The van der Waals surface area contributed by atoms with Crippen LogP contribution in [0.25, 0.3) is 45.8 Å². The van der Waals surface area contributed by atoms with Crippen LogP contribution >= 0.6 is 11.6 Å². The minimum absolute atomic E-state index is 0.0266. The average Bonchev–Trinajstić information content (AvgIpc) is 3.40. The van der Waals surface area contributed by atoms with Gasteiger partial charge in [0.05, 0.1) is 5.69 Å². The van der Waals surface area contributed by atoms with Crippen molar-refractivity contribution in [2.75, 3.05) is 0 Å². The molecule has 0 fully saturated rings. The van der Waals surface area contributed by atoms with Gasteiger partial charge in [-0.2, -0.15) is 8.78 Å². The van der Waals surface area contributed by atoms with Crippen molar-refractivity contribution in [3.05, 3.63) is 221 Å². The maximum absolute atomic E-state index is 14.6. The first-order valence-electron chi connectivity index (χ1n) is 23.0. The predicted molar refractivity (Wildman–Crippen MR) is 283 cm³/mol. The van der Waals surface area contributed by atoms with Gasteiger partial charge in [0, 0.05) is 30.1 Å². The van der Waals surface area contributed by atoms with Gasteiger partial charge in [-0.25, -0.2) is 26.9 Å². The number of rotatable bonds is 15. The molecule has 386 valence electrons. The SMILES string of the molecule is CC=Cc1ccc(-c2ccc(OB=N)cc2)nc1.CC=Cc1ccc(Cl)nc1.CCCc1ccc(-c2ccc(-c3cc(F)c(C(F)(F)Oc4cc(F)c(F)c(F)c4)c(F)c3)cc2)nc1.N=BOc1ccc(B(O)O)cc1. The molecular formula is C55H46B3ClF7N5O5. The molecule has 76 heavy (non-hydrogen) atoms. The molecule has 3 aromatic heterocycles. The number of nitrogens with zero attached hydrogens (tertiary/aromatic N) is 3. The number of ether oxygens (including phenoxy) is 1. The molecule has 0 radical (unpaired) electrons. The van der Waals surface area contributed by atoms with Crippen molar-refractivity contribution in [3.8, 4) is 50.9 Å². The zero-order chi connectivity index (χ0) is 55.2. The first kappa shape index (κ1) is 58.8. The molecular weight excluding hydrogens is 1010 g/mol. The number of benzene rings is 5. The van der Waals surface area contributed by atoms with Crippen molar-refractivity contribution in [2.45, 2.75) is 39.7 Å². The second-order valence-corrected chi connectivity index (χ2v) is 16.2. The van der Waals surface area contributed by atoms with Crippen LogP contribution in [0.3, 0.4) is 0 Å². The van der Waals surface area contributed by atoms with Crippen LogP contribution in [-0.4, -0.2) is 46.7 Å². The Hall–Kier alpha value is -8.06. The zero-order valence-corrected chi connectivity index (χ0v) is 41.6. The van der Waals surface area contributed by atoms with E-state index in [1.807, 2.05) is 98.9 Å². The Morgan fingerprint density at radius 1 is 0.579 bits per heavy atom. The van der Waals surface area contributed by atoms with E-state index in [-0.39, 0.29) is 17.7 Å². The fourth-order valence-electron chi connectivity index (χ4n) is 6.78. The van der Waals surface area contributed by atoms with Gasteiger partial charge in [-0.1, -0.05) is 73.5 Å². The van der Waals surface area contributed by atoms with Crippen LogP contribution in [0.15, 0.2) is 164 Å². The fraction of sp³-hybridized carbons (Fsp3) is 0.109. The summed E-state index contributed by atoms with van der Waals surface area (Å²) in [7, 11) is 0.266. The van der Waals surface area contributed by atoms with Crippen LogP contribution in [0.2, 0.25) is 5.15 Å². The van der Waals surface area contributed by atoms with Gasteiger partial charge in [-0.05, 0) is 59.9 Å². The number of pyridine rings is 3. The van der Waals surface area contributed by atoms with E-state index >= 15 is 0 Å². The first-order valence-corrected chi connectivity index (χ1v) is 23.3. The normalized spacial score (nSPS) is 10.7. The fourth-order valence-corrected chi connectivity index (χ4v) is 6.89. The number of aryl methyl sites for hydroxylation is 1. The standard InChI is InChI=1S/C27H18F7NO.C14H13BN2O.C8H8ClN.C6H7B2NO3/c1-2-3-15-4-9-24(35-14-15)17-7-5-16(6-8-17)18-10-20(28)25(21(29)11-18)27(33,34)36-19-12-22(30)26(32)23(31)13-19;1-2-3-11-4-9-14(17-10-11)12-5-7-13(8-6-12)18-15-16;1-2-3-7-4-5-8(9)10-6-7;9-7-12-6-3-1-5(2-4-6)8(10)11/h4-14H,2-3H2,1H3;2-10,16H,1H3;2-6H,1H3;1-4,9-11H. The summed E-state index contributed by atoms with van der Waals surface area (Å²) >= 11 is 5.58. The van der Waals surface area contributed by atoms with Crippen LogP contribution in [-0.2, 0) is 12.5 Å². The molecule has 0 saturated heterocycles. The van der Waals surface area contributed by atoms with Crippen LogP contribution < -0.4 is 19.5 Å². The van der Waals surface area contributed by atoms with Crippen LogP contribution in [0, 0.1) is 39.7 Å².